The minimum absolute atomic E-state index is 0.130. The van der Waals surface area contributed by atoms with E-state index in [-0.39, 0.29) is 17.6 Å². The lowest BCUT2D eigenvalue weighted by molar-refractivity contribution is -0.125. The molecule has 0 aliphatic carbocycles. The van der Waals surface area contributed by atoms with Crippen LogP contribution in [0.5, 0.6) is 5.75 Å². The Morgan fingerprint density at radius 1 is 1.35 bits per heavy atom. The molecule has 1 atom stereocenters. The Kier molecular flexibility index (Phi) is 7.54. The van der Waals surface area contributed by atoms with Crippen LogP contribution in [0, 0.1) is 25.2 Å². The van der Waals surface area contributed by atoms with Crippen molar-refractivity contribution in [1.82, 2.24) is 9.47 Å². The fraction of sp³-hybridized carbons (Fsp3) is 0.440. The first-order valence-electron chi connectivity index (χ1n) is 10.8. The molecule has 1 saturated heterocycles. The number of likely N-dealkylation sites (N-methyl/N-ethyl adjacent to an activating group) is 1. The number of rotatable bonds is 8. The number of hydrogen-bond donors (Lipinski definition) is 0. The van der Waals surface area contributed by atoms with E-state index in [0.717, 1.165) is 54.3 Å². The maximum Gasteiger partial charge on any atom is 0.264 e. The van der Waals surface area contributed by atoms with Crippen molar-refractivity contribution in [2.24, 2.45) is 0 Å². The Morgan fingerprint density at radius 2 is 2.10 bits per heavy atom. The molecular formula is C25H31N3O3. The van der Waals surface area contributed by atoms with Crippen molar-refractivity contribution in [3.8, 4) is 11.8 Å². The van der Waals surface area contributed by atoms with Gasteiger partial charge in [-0.3, -0.25) is 4.79 Å². The minimum Gasteiger partial charge on any atom is -0.494 e. The molecule has 6 heteroatoms. The highest BCUT2D eigenvalue weighted by Gasteiger charge is 2.20. The van der Waals surface area contributed by atoms with Gasteiger partial charge in [-0.15, -0.1) is 0 Å². The third-order valence-electron chi connectivity index (χ3n) is 5.67. The molecule has 1 aliphatic heterocycles. The zero-order chi connectivity index (χ0) is 22.4. The molecule has 31 heavy (non-hydrogen) atoms. The Bertz CT molecular complexity index is 977. The van der Waals surface area contributed by atoms with Gasteiger partial charge < -0.3 is 18.9 Å². The largest absolute Gasteiger partial charge is 0.494 e. The second-order valence-electron chi connectivity index (χ2n) is 7.98. The van der Waals surface area contributed by atoms with E-state index < -0.39 is 0 Å². The molecule has 2 heterocycles. The van der Waals surface area contributed by atoms with Gasteiger partial charge in [0.25, 0.3) is 5.91 Å². The number of carbonyl (C=O) groups is 1. The standard InChI is InChI=1S/C25H31N3O3/c1-5-30-23-10-8-20(9-11-23)16-27(4)25(29)22(15-26)14-21-13-18(2)28(19(21)3)17-24-7-6-12-31-24/h8-11,13-14,24H,5-7,12,16-17H2,1-4H3/b22-14+. The number of amides is 1. The normalized spacial score (nSPS) is 16.2. The van der Waals surface area contributed by atoms with E-state index in [1.165, 1.54) is 0 Å². The van der Waals surface area contributed by atoms with Gasteiger partial charge in [0.15, 0.2) is 0 Å². The van der Waals surface area contributed by atoms with Crippen molar-refractivity contribution in [3.05, 3.63) is 58.4 Å². The van der Waals surface area contributed by atoms with E-state index in [9.17, 15) is 10.1 Å². The van der Waals surface area contributed by atoms with E-state index >= 15 is 0 Å². The zero-order valence-corrected chi connectivity index (χ0v) is 18.9. The van der Waals surface area contributed by atoms with Crippen LogP contribution in [0.4, 0.5) is 0 Å². The predicted molar refractivity (Wildman–Crippen MR) is 121 cm³/mol. The van der Waals surface area contributed by atoms with E-state index in [4.69, 9.17) is 9.47 Å². The average molecular weight is 422 g/mol. The van der Waals surface area contributed by atoms with Crippen LogP contribution >= 0.6 is 0 Å². The molecule has 0 saturated carbocycles. The van der Waals surface area contributed by atoms with E-state index in [1.807, 2.05) is 51.1 Å². The van der Waals surface area contributed by atoms with Crippen LogP contribution in [0.15, 0.2) is 35.9 Å². The molecule has 1 aliphatic rings. The summed E-state index contributed by atoms with van der Waals surface area (Å²) in [6, 6.07) is 11.8. The maximum absolute atomic E-state index is 12.9. The predicted octanol–water partition coefficient (Wildman–Crippen LogP) is 4.25. The first-order valence-corrected chi connectivity index (χ1v) is 10.8. The number of ether oxygens (including phenoxy) is 2. The second kappa shape index (κ2) is 10.3. The van der Waals surface area contributed by atoms with Gasteiger partial charge in [0.2, 0.25) is 0 Å². The maximum atomic E-state index is 12.9. The van der Waals surface area contributed by atoms with Crippen LogP contribution in [-0.2, 0) is 22.6 Å². The summed E-state index contributed by atoms with van der Waals surface area (Å²) in [5, 5.41) is 9.66. The Labute approximate surface area is 184 Å². The molecule has 164 valence electrons. The summed E-state index contributed by atoms with van der Waals surface area (Å²) in [4.78, 5) is 14.5. The molecular weight excluding hydrogens is 390 g/mol. The van der Waals surface area contributed by atoms with Crippen LogP contribution in [0.2, 0.25) is 0 Å². The Morgan fingerprint density at radius 3 is 2.71 bits per heavy atom. The van der Waals surface area contributed by atoms with Crippen LogP contribution in [0.1, 0.15) is 42.3 Å². The van der Waals surface area contributed by atoms with Gasteiger partial charge in [0.1, 0.15) is 17.4 Å². The lowest BCUT2D eigenvalue weighted by Gasteiger charge is -2.17. The molecule has 1 unspecified atom stereocenters. The summed E-state index contributed by atoms with van der Waals surface area (Å²) in [5.41, 5.74) is 4.15. The van der Waals surface area contributed by atoms with Gasteiger partial charge in [0.05, 0.1) is 12.7 Å². The van der Waals surface area contributed by atoms with Gasteiger partial charge in [-0.25, -0.2) is 0 Å². The summed E-state index contributed by atoms with van der Waals surface area (Å²) < 4.78 is 13.4. The van der Waals surface area contributed by atoms with E-state index in [0.29, 0.717) is 13.2 Å². The van der Waals surface area contributed by atoms with Gasteiger partial charge >= 0.3 is 0 Å². The zero-order valence-electron chi connectivity index (χ0n) is 18.9. The lowest BCUT2D eigenvalue weighted by Crippen LogP contribution is -2.27. The Balaban J connectivity index is 1.73. The van der Waals surface area contributed by atoms with Crippen LogP contribution in [-0.4, -0.2) is 41.7 Å². The monoisotopic (exact) mass is 421 g/mol. The number of nitrogens with zero attached hydrogens (tertiary/aromatic N) is 3. The summed E-state index contributed by atoms with van der Waals surface area (Å²) >= 11 is 0. The number of carbonyl (C=O) groups excluding carboxylic acids is 1. The van der Waals surface area contributed by atoms with E-state index in [1.54, 1.807) is 18.0 Å². The molecule has 0 bridgehead atoms. The molecule has 1 fully saturated rings. The van der Waals surface area contributed by atoms with Gasteiger partial charge in [0, 0.05) is 38.1 Å². The highest BCUT2D eigenvalue weighted by Crippen LogP contribution is 2.22. The van der Waals surface area contributed by atoms with Crippen molar-refractivity contribution >= 4 is 12.0 Å². The third kappa shape index (κ3) is 5.56. The molecule has 0 radical (unpaired) electrons. The van der Waals surface area contributed by atoms with Crippen LogP contribution in [0.3, 0.4) is 0 Å². The van der Waals surface area contributed by atoms with Crippen molar-refractivity contribution in [3.63, 3.8) is 0 Å². The van der Waals surface area contributed by atoms with Crippen LogP contribution < -0.4 is 4.74 Å². The Hall–Kier alpha value is -3.04. The number of aryl methyl sites for hydroxylation is 1. The molecule has 1 aromatic heterocycles. The highest BCUT2D eigenvalue weighted by atomic mass is 16.5. The fourth-order valence-corrected chi connectivity index (χ4v) is 3.95. The fourth-order valence-electron chi connectivity index (χ4n) is 3.95. The lowest BCUT2D eigenvalue weighted by atomic mass is 10.1. The number of aromatic nitrogens is 1. The third-order valence-corrected chi connectivity index (χ3v) is 5.67. The molecule has 3 rings (SSSR count). The summed E-state index contributed by atoms with van der Waals surface area (Å²) in [7, 11) is 1.71. The van der Waals surface area contributed by atoms with Crippen LogP contribution in [0.25, 0.3) is 6.08 Å². The highest BCUT2D eigenvalue weighted by molar-refractivity contribution is 6.01. The minimum atomic E-state index is -0.291. The summed E-state index contributed by atoms with van der Waals surface area (Å²) in [6.45, 7) is 8.67. The molecule has 1 aromatic carbocycles. The molecule has 6 nitrogen and oxygen atoms in total. The summed E-state index contributed by atoms with van der Waals surface area (Å²) in [5.74, 6) is 0.511. The van der Waals surface area contributed by atoms with Gasteiger partial charge in [-0.2, -0.15) is 5.26 Å². The summed E-state index contributed by atoms with van der Waals surface area (Å²) in [6.07, 6.45) is 4.11. The second-order valence-corrected chi connectivity index (χ2v) is 7.98. The number of hydrogen-bond acceptors (Lipinski definition) is 4. The number of nitriles is 1. The van der Waals surface area contributed by atoms with Crippen molar-refractivity contribution in [1.29, 1.82) is 5.26 Å². The van der Waals surface area contributed by atoms with Crippen molar-refractivity contribution in [2.45, 2.75) is 52.8 Å². The van der Waals surface area contributed by atoms with Crippen molar-refractivity contribution in [2.75, 3.05) is 20.3 Å². The van der Waals surface area contributed by atoms with Gasteiger partial charge in [-0.05, 0) is 69.0 Å². The smallest absolute Gasteiger partial charge is 0.264 e. The molecule has 1 amide bonds. The molecule has 2 aromatic rings. The average Bonchev–Trinajstić information content (AvgIpc) is 3.37. The SMILES string of the molecule is CCOc1ccc(CN(C)C(=O)/C(C#N)=C/c2cc(C)n(CC3CCCO3)c2C)cc1. The molecule has 0 N–H and O–H groups in total. The number of benzene rings is 1. The van der Waals surface area contributed by atoms with E-state index in [2.05, 4.69) is 10.6 Å². The van der Waals surface area contributed by atoms with Crippen molar-refractivity contribution < 1.29 is 14.3 Å². The molecule has 0 spiro atoms. The first kappa shape index (κ1) is 22.6. The topological polar surface area (TPSA) is 67.5 Å². The van der Waals surface area contributed by atoms with Gasteiger partial charge in [-0.1, -0.05) is 12.1 Å². The first-order chi connectivity index (χ1) is 14.9. The quantitative estimate of drug-likeness (QED) is 0.472.